The fourth-order valence-electron chi connectivity index (χ4n) is 6.93. The third-order valence-electron chi connectivity index (χ3n) is 8.36. The van der Waals surface area contributed by atoms with Crippen LogP contribution in [-0.4, -0.2) is 30.2 Å². The Kier molecular flexibility index (Phi) is 3.22. The molecule has 3 fully saturated rings. The molecule has 6 atom stereocenters. The topological polar surface area (TPSA) is 38.7 Å². The highest BCUT2D eigenvalue weighted by molar-refractivity contribution is 5.30. The number of allylic oxidation sites excluding steroid dienone is 2. The fraction of sp³-hybridized carbons (Fsp3) is 0.810. The lowest BCUT2D eigenvalue weighted by molar-refractivity contribution is -0.222. The maximum absolute atomic E-state index is 10.1. The first-order valence-electron chi connectivity index (χ1n) is 9.83. The van der Waals surface area contributed by atoms with Gasteiger partial charge in [0.1, 0.15) is 0 Å². The Morgan fingerprint density at radius 1 is 1.12 bits per heavy atom. The molecule has 0 amide bonds. The molecule has 0 aromatic heterocycles. The fourth-order valence-corrected chi connectivity index (χ4v) is 6.93. The molecule has 2 saturated carbocycles. The summed E-state index contributed by atoms with van der Waals surface area (Å²) < 4.78 is 12.3. The maximum Gasteiger partial charge on any atom is 0.193 e. The Morgan fingerprint density at radius 3 is 2.71 bits per heavy atom. The van der Waals surface area contributed by atoms with Gasteiger partial charge in [0.25, 0.3) is 0 Å². The van der Waals surface area contributed by atoms with Gasteiger partial charge in [0.15, 0.2) is 5.79 Å². The highest BCUT2D eigenvalue weighted by Crippen LogP contribution is 2.66. The first kappa shape index (κ1) is 15.6. The summed E-state index contributed by atoms with van der Waals surface area (Å²) in [5, 5.41) is 10.1. The summed E-state index contributed by atoms with van der Waals surface area (Å²) in [6.07, 6.45) is 13.6. The highest BCUT2D eigenvalue weighted by Gasteiger charge is 2.64. The van der Waals surface area contributed by atoms with E-state index in [0.717, 1.165) is 44.8 Å². The first-order chi connectivity index (χ1) is 11.5. The van der Waals surface area contributed by atoms with E-state index < -0.39 is 5.79 Å². The summed E-state index contributed by atoms with van der Waals surface area (Å²) in [6.45, 7) is 6.31. The molecular formula is C21H30O3. The van der Waals surface area contributed by atoms with Gasteiger partial charge in [-0.15, -0.1) is 0 Å². The second-order valence-corrected chi connectivity index (χ2v) is 9.25. The summed E-state index contributed by atoms with van der Waals surface area (Å²) in [5.41, 5.74) is 1.92. The quantitative estimate of drug-likeness (QED) is 0.686. The number of hydrogen-bond donors (Lipinski definition) is 1. The van der Waals surface area contributed by atoms with Crippen LogP contribution in [0.5, 0.6) is 0 Å². The minimum atomic E-state index is -0.462. The van der Waals surface area contributed by atoms with E-state index in [1.54, 1.807) is 0 Å². The lowest BCUT2D eigenvalue weighted by Gasteiger charge is -2.58. The SMILES string of the molecule is C[C@]12CCC(O)CC1=CC[C@@H]1[C@@H]2CC[C@@]2(C)[C@H]1C=CC21OCCO1. The molecule has 132 valence electrons. The van der Waals surface area contributed by atoms with Crippen molar-refractivity contribution in [3.8, 4) is 0 Å². The van der Waals surface area contributed by atoms with Crippen LogP contribution in [0, 0.1) is 28.6 Å². The molecule has 5 rings (SSSR count). The monoisotopic (exact) mass is 330 g/mol. The second kappa shape index (κ2) is 4.96. The van der Waals surface area contributed by atoms with Crippen molar-refractivity contribution in [2.45, 2.75) is 64.3 Å². The average Bonchev–Trinajstić information content (AvgIpc) is 3.15. The van der Waals surface area contributed by atoms with Crippen molar-refractivity contribution in [1.82, 2.24) is 0 Å². The molecule has 1 heterocycles. The van der Waals surface area contributed by atoms with Gasteiger partial charge in [0.05, 0.1) is 19.3 Å². The van der Waals surface area contributed by atoms with E-state index in [9.17, 15) is 5.11 Å². The van der Waals surface area contributed by atoms with Crippen molar-refractivity contribution in [3.05, 3.63) is 23.8 Å². The lowest BCUT2D eigenvalue weighted by atomic mass is 9.47. The molecule has 3 heteroatoms. The van der Waals surface area contributed by atoms with Crippen LogP contribution in [0.15, 0.2) is 23.8 Å². The third-order valence-corrected chi connectivity index (χ3v) is 8.36. The summed E-state index contributed by atoms with van der Waals surface area (Å²) >= 11 is 0. The maximum atomic E-state index is 10.1. The summed E-state index contributed by atoms with van der Waals surface area (Å²) in [7, 11) is 0. The van der Waals surface area contributed by atoms with Crippen LogP contribution in [-0.2, 0) is 9.47 Å². The molecule has 5 aliphatic rings. The van der Waals surface area contributed by atoms with Gasteiger partial charge < -0.3 is 14.6 Å². The molecule has 1 N–H and O–H groups in total. The van der Waals surface area contributed by atoms with Gasteiger partial charge in [-0.3, -0.25) is 0 Å². The zero-order valence-electron chi connectivity index (χ0n) is 15.0. The number of hydrogen-bond acceptors (Lipinski definition) is 3. The Bertz CT molecular complexity index is 602. The number of fused-ring (bicyclic) bond motifs is 6. The molecule has 0 radical (unpaired) electrons. The lowest BCUT2D eigenvalue weighted by Crippen LogP contribution is -2.55. The number of ether oxygens (including phenoxy) is 2. The van der Waals surface area contributed by atoms with E-state index in [-0.39, 0.29) is 11.5 Å². The van der Waals surface area contributed by atoms with Crippen LogP contribution in [0.2, 0.25) is 0 Å². The van der Waals surface area contributed by atoms with E-state index >= 15 is 0 Å². The van der Waals surface area contributed by atoms with Gasteiger partial charge in [-0.2, -0.15) is 0 Å². The smallest absolute Gasteiger partial charge is 0.193 e. The van der Waals surface area contributed by atoms with Gasteiger partial charge in [0, 0.05) is 5.41 Å². The molecule has 4 aliphatic carbocycles. The van der Waals surface area contributed by atoms with Gasteiger partial charge >= 0.3 is 0 Å². The third kappa shape index (κ3) is 1.79. The highest BCUT2D eigenvalue weighted by atomic mass is 16.7. The molecule has 0 aromatic rings. The summed E-state index contributed by atoms with van der Waals surface area (Å²) in [5.74, 6) is 1.52. The van der Waals surface area contributed by atoms with Crippen LogP contribution < -0.4 is 0 Å². The van der Waals surface area contributed by atoms with Crippen molar-refractivity contribution in [1.29, 1.82) is 0 Å². The van der Waals surface area contributed by atoms with Gasteiger partial charge in [-0.1, -0.05) is 31.6 Å². The molecule has 24 heavy (non-hydrogen) atoms. The molecule has 0 bridgehead atoms. The molecule has 1 unspecified atom stereocenters. The van der Waals surface area contributed by atoms with Gasteiger partial charge in [0.2, 0.25) is 0 Å². The zero-order chi connectivity index (χ0) is 16.6. The van der Waals surface area contributed by atoms with E-state index in [1.165, 1.54) is 18.4 Å². The minimum absolute atomic E-state index is 0.0839. The van der Waals surface area contributed by atoms with E-state index in [1.807, 2.05) is 0 Å². The van der Waals surface area contributed by atoms with Crippen molar-refractivity contribution >= 4 is 0 Å². The van der Waals surface area contributed by atoms with Crippen LogP contribution >= 0.6 is 0 Å². The molecular weight excluding hydrogens is 300 g/mol. The number of rotatable bonds is 0. The second-order valence-electron chi connectivity index (χ2n) is 9.25. The van der Waals surface area contributed by atoms with Crippen LogP contribution in [0.25, 0.3) is 0 Å². The minimum Gasteiger partial charge on any atom is -0.393 e. The Hall–Kier alpha value is -0.640. The number of aliphatic hydroxyl groups excluding tert-OH is 1. The Labute approximate surface area is 145 Å². The van der Waals surface area contributed by atoms with Crippen molar-refractivity contribution < 1.29 is 14.6 Å². The summed E-state index contributed by atoms with van der Waals surface area (Å²) in [4.78, 5) is 0. The van der Waals surface area contributed by atoms with Gasteiger partial charge in [-0.25, -0.2) is 0 Å². The van der Waals surface area contributed by atoms with Crippen molar-refractivity contribution in [2.75, 3.05) is 13.2 Å². The van der Waals surface area contributed by atoms with Gasteiger partial charge in [-0.05, 0) is 67.8 Å². The number of aliphatic hydroxyl groups is 1. The van der Waals surface area contributed by atoms with Crippen molar-refractivity contribution in [3.63, 3.8) is 0 Å². The Balaban J connectivity index is 1.50. The van der Waals surface area contributed by atoms with E-state index in [0.29, 0.717) is 17.3 Å². The van der Waals surface area contributed by atoms with E-state index in [2.05, 4.69) is 32.1 Å². The molecule has 1 aliphatic heterocycles. The molecule has 3 nitrogen and oxygen atoms in total. The zero-order valence-corrected chi connectivity index (χ0v) is 15.0. The average molecular weight is 330 g/mol. The first-order valence-corrected chi connectivity index (χ1v) is 9.83. The van der Waals surface area contributed by atoms with Crippen LogP contribution in [0.3, 0.4) is 0 Å². The summed E-state index contributed by atoms with van der Waals surface area (Å²) in [6, 6.07) is 0. The molecule has 1 spiro atoms. The molecule has 1 saturated heterocycles. The van der Waals surface area contributed by atoms with Crippen LogP contribution in [0.1, 0.15) is 52.4 Å². The Morgan fingerprint density at radius 2 is 1.92 bits per heavy atom. The molecule has 0 aromatic carbocycles. The normalized spacial score (nSPS) is 51.9. The predicted molar refractivity (Wildman–Crippen MR) is 92.3 cm³/mol. The van der Waals surface area contributed by atoms with Crippen LogP contribution in [0.4, 0.5) is 0 Å². The van der Waals surface area contributed by atoms with E-state index in [4.69, 9.17) is 9.47 Å². The predicted octanol–water partition coefficient (Wildman–Crippen LogP) is 3.83. The van der Waals surface area contributed by atoms with Crippen molar-refractivity contribution in [2.24, 2.45) is 28.6 Å². The standard InChI is InChI=1S/C21H30O3/c1-19-8-5-15(22)13-14(19)3-4-16-17(19)6-9-20(2)18(16)7-10-21(20)23-11-12-24-21/h3,7,10,15-18,22H,4-6,8-9,11-13H2,1-2H3/t15?,16-,17+,18+,19+,20+/m1/s1. The largest absolute Gasteiger partial charge is 0.393 e.